The average molecular weight is 474 g/mol. The van der Waals surface area contributed by atoms with Gasteiger partial charge < -0.3 is 9.73 Å². The number of hydrogen-bond acceptors (Lipinski definition) is 5. The Morgan fingerprint density at radius 2 is 1.76 bits per heavy atom. The number of rotatable bonds is 5. The Labute approximate surface area is 198 Å². The van der Waals surface area contributed by atoms with Gasteiger partial charge >= 0.3 is 5.56 Å². The number of aromatic nitrogens is 2. The fraction of sp³-hybridized carbons (Fsp3) is 0.115. The third-order valence-corrected chi connectivity index (χ3v) is 6.25. The van der Waals surface area contributed by atoms with E-state index in [1.165, 1.54) is 16.7 Å². The highest BCUT2D eigenvalue weighted by Crippen LogP contribution is 2.29. The van der Waals surface area contributed by atoms with Crippen LogP contribution in [0.5, 0.6) is 0 Å². The van der Waals surface area contributed by atoms with Gasteiger partial charge in [-0.1, -0.05) is 42.1 Å². The second-order valence-electron chi connectivity index (χ2n) is 7.97. The van der Waals surface area contributed by atoms with Crippen molar-refractivity contribution in [3.63, 3.8) is 0 Å². The van der Waals surface area contributed by atoms with Crippen LogP contribution in [0, 0.1) is 19.7 Å². The van der Waals surface area contributed by atoms with Gasteiger partial charge in [-0.3, -0.25) is 14.2 Å². The SMILES string of the molecule is Cc1cc(C)cc(-n2c(SCC(=O)Nc3ccccc3F)nc3c(oc4ccccc43)c2=O)c1. The maximum absolute atomic E-state index is 13.9. The zero-order valence-electron chi connectivity index (χ0n) is 18.5. The highest BCUT2D eigenvalue weighted by molar-refractivity contribution is 7.99. The monoisotopic (exact) mass is 473 g/mol. The molecule has 8 heteroatoms. The molecule has 170 valence electrons. The number of nitrogens with zero attached hydrogens (tertiary/aromatic N) is 2. The van der Waals surface area contributed by atoms with Crippen molar-refractivity contribution in [2.24, 2.45) is 0 Å². The van der Waals surface area contributed by atoms with E-state index in [0.717, 1.165) is 28.3 Å². The molecule has 0 saturated carbocycles. The number of furan rings is 1. The van der Waals surface area contributed by atoms with E-state index < -0.39 is 11.7 Å². The molecular formula is C26H20FN3O3S. The number of carbonyl (C=O) groups excluding carboxylic acids is 1. The van der Waals surface area contributed by atoms with Crippen molar-refractivity contribution in [3.8, 4) is 5.69 Å². The molecule has 0 aliphatic carbocycles. The second kappa shape index (κ2) is 8.79. The molecule has 5 aromatic rings. The van der Waals surface area contributed by atoms with Crippen LogP contribution in [0.1, 0.15) is 11.1 Å². The van der Waals surface area contributed by atoms with Gasteiger partial charge in [0.05, 0.1) is 17.1 Å². The first-order chi connectivity index (χ1) is 16.4. The van der Waals surface area contributed by atoms with Crippen molar-refractivity contribution < 1.29 is 13.6 Å². The molecular weight excluding hydrogens is 453 g/mol. The summed E-state index contributed by atoms with van der Waals surface area (Å²) in [6.07, 6.45) is 0. The zero-order chi connectivity index (χ0) is 23.8. The highest BCUT2D eigenvalue weighted by atomic mass is 32.2. The van der Waals surface area contributed by atoms with Crippen molar-refractivity contribution in [2.75, 3.05) is 11.1 Å². The van der Waals surface area contributed by atoms with Crippen molar-refractivity contribution in [1.82, 2.24) is 9.55 Å². The van der Waals surface area contributed by atoms with E-state index in [0.29, 0.717) is 21.9 Å². The van der Waals surface area contributed by atoms with Gasteiger partial charge in [-0.25, -0.2) is 9.37 Å². The maximum atomic E-state index is 13.9. The minimum Gasteiger partial charge on any atom is -0.448 e. The molecule has 1 amide bonds. The Bertz CT molecular complexity index is 1600. The van der Waals surface area contributed by atoms with E-state index in [-0.39, 0.29) is 22.6 Å². The lowest BCUT2D eigenvalue weighted by molar-refractivity contribution is -0.113. The van der Waals surface area contributed by atoms with Crippen LogP contribution in [0.15, 0.2) is 81.1 Å². The standard InChI is InChI=1S/C26H20FN3O3S/c1-15-11-16(2)13-17(12-15)30-25(32)24-23(18-7-3-6-10-21(18)33-24)29-26(30)34-14-22(31)28-20-9-5-4-8-19(20)27/h3-13H,14H2,1-2H3,(H,28,31). The molecule has 0 fully saturated rings. The molecule has 0 bridgehead atoms. The quantitative estimate of drug-likeness (QED) is 0.265. The van der Waals surface area contributed by atoms with E-state index in [1.54, 1.807) is 18.2 Å². The number of nitrogens with one attached hydrogen (secondary N) is 1. The topological polar surface area (TPSA) is 77.1 Å². The molecule has 0 unspecified atom stereocenters. The van der Waals surface area contributed by atoms with E-state index in [9.17, 15) is 14.0 Å². The lowest BCUT2D eigenvalue weighted by atomic mass is 10.1. The molecule has 0 aliphatic rings. The van der Waals surface area contributed by atoms with Crippen LogP contribution >= 0.6 is 11.8 Å². The molecule has 0 saturated heterocycles. The molecule has 2 heterocycles. The third-order valence-electron chi connectivity index (χ3n) is 5.31. The zero-order valence-corrected chi connectivity index (χ0v) is 19.3. The van der Waals surface area contributed by atoms with Crippen LogP contribution in [0.3, 0.4) is 0 Å². The molecule has 0 spiro atoms. The molecule has 0 radical (unpaired) electrons. The van der Waals surface area contributed by atoms with Crippen LogP contribution in [0.25, 0.3) is 27.8 Å². The van der Waals surface area contributed by atoms with Gasteiger partial charge in [-0.05, 0) is 61.4 Å². The van der Waals surface area contributed by atoms with Crippen LogP contribution in [-0.2, 0) is 4.79 Å². The van der Waals surface area contributed by atoms with Crippen LogP contribution in [0.4, 0.5) is 10.1 Å². The highest BCUT2D eigenvalue weighted by Gasteiger charge is 2.20. The van der Waals surface area contributed by atoms with Gasteiger partial charge in [0.25, 0.3) is 0 Å². The fourth-order valence-electron chi connectivity index (χ4n) is 3.91. The Morgan fingerprint density at radius 1 is 1.06 bits per heavy atom. The van der Waals surface area contributed by atoms with E-state index >= 15 is 0 Å². The van der Waals surface area contributed by atoms with Gasteiger partial charge in [0.1, 0.15) is 16.9 Å². The number of amides is 1. The smallest absolute Gasteiger partial charge is 0.302 e. The average Bonchev–Trinajstić information content (AvgIpc) is 3.18. The van der Waals surface area contributed by atoms with Crippen molar-refractivity contribution in [1.29, 1.82) is 0 Å². The first-order valence-corrected chi connectivity index (χ1v) is 11.6. The number of carbonyl (C=O) groups is 1. The number of fused-ring (bicyclic) bond motifs is 3. The minimum absolute atomic E-state index is 0.0626. The van der Waals surface area contributed by atoms with E-state index in [4.69, 9.17) is 9.40 Å². The largest absolute Gasteiger partial charge is 0.448 e. The predicted octanol–water partition coefficient (Wildman–Crippen LogP) is 5.62. The number of hydrogen-bond donors (Lipinski definition) is 1. The lowest BCUT2D eigenvalue weighted by Crippen LogP contribution is -2.22. The molecule has 2 aromatic heterocycles. The maximum Gasteiger partial charge on any atom is 0.302 e. The third kappa shape index (κ3) is 4.08. The molecule has 0 aliphatic heterocycles. The molecule has 1 N–H and O–H groups in total. The first kappa shape index (κ1) is 21.9. The van der Waals surface area contributed by atoms with Crippen molar-refractivity contribution >= 4 is 45.4 Å². The summed E-state index contributed by atoms with van der Waals surface area (Å²) in [5.41, 5.74) is 3.51. The van der Waals surface area contributed by atoms with Gasteiger partial charge in [0.2, 0.25) is 11.5 Å². The van der Waals surface area contributed by atoms with Crippen LogP contribution in [-0.4, -0.2) is 21.2 Å². The number of aryl methyl sites for hydroxylation is 2. The lowest BCUT2D eigenvalue weighted by Gasteiger charge is -2.13. The number of anilines is 1. The minimum atomic E-state index is -0.516. The van der Waals surface area contributed by atoms with Gasteiger partial charge in [-0.15, -0.1) is 0 Å². The normalized spacial score (nSPS) is 11.3. The first-order valence-electron chi connectivity index (χ1n) is 10.6. The number of thioether (sulfide) groups is 1. The van der Waals surface area contributed by atoms with Gasteiger partial charge in [0, 0.05) is 5.39 Å². The summed E-state index contributed by atoms with van der Waals surface area (Å²) in [5, 5.41) is 3.63. The van der Waals surface area contributed by atoms with Crippen LogP contribution in [0.2, 0.25) is 0 Å². The number of benzene rings is 3. The van der Waals surface area contributed by atoms with E-state index in [1.807, 2.05) is 50.2 Å². The van der Waals surface area contributed by atoms with E-state index in [2.05, 4.69) is 5.32 Å². The Hall–Kier alpha value is -3.91. The molecule has 5 rings (SSSR count). The second-order valence-corrected chi connectivity index (χ2v) is 8.92. The summed E-state index contributed by atoms with van der Waals surface area (Å²) in [7, 11) is 0. The molecule has 0 atom stereocenters. The van der Waals surface area contributed by atoms with Gasteiger partial charge in [-0.2, -0.15) is 0 Å². The number of halogens is 1. The Kier molecular flexibility index (Phi) is 5.67. The Morgan fingerprint density at radius 3 is 2.53 bits per heavy atom. The number of para-hydroxylation sites is 2. The van der Waals surface area contributed by atoms with Crippen LogP contribution < -0.4 is 10.9 Å². The molecule has 6 nitrogen and oxygen atoms in total. The summed E-state index contributed by atoms with van der Waals surface area (Å²) in [5.74, 6) is -0.988. The van der Waals surface area contributed by atoms with Gasteiger partial charge in [0.15, 0.2) is 5.16 Å². The molecule has 34 heavy (non-hydrogen) atoms. The fourth-order valence-corrected chi connectivity index (χ4v) is 4.71. The summed E-state index contributed by atoms with van der Waals surface area (Å²) < 4.78 is 21.2. The summed E-state index contributed by atoms with van der Waals surface area (Å²) in [6.45, 7) is 3.90. The Balaban J connectivity index is 1.60. The summed E-state index contributed by atoms with van der Waals surface area (Å²) in [4.78, 5) is 30.9. The van der Waals surface area contributed by atoms with Crippen molar-refractivity contribution in [2.45, 2.75) is 19.0 Å². The van der Waals surface area contributed by atoms with Crippen molar-refractivity contribution in [3.05, 3.63) is 94.0 Å². The molecule has 3 aromatic carbocycles. The predicted molar refractivity (Wildman–Crippen MR) is 132 cm³/mol. The summed E-state index contributed by atoms with van der Waals surface area (Å²) in [6, 6.07) is 19.0. The summed E-state index contributed by atoms with van der Waals surface area (Å²) >= 11 is 1.10.